The van der Waals surface area contributed by atoms with Crippen molar-refractivity contribution in [2.45, 2.75) is 32.1 Å². The zero-order valence-electron chi connectivity index (χ0n) is 14.6. The van der Waals surface area contributed by atoms with Crippen LogP contribution >= 0.6 is 0 Å². The van der Waals surface area contributed by atoms with Crippen LogP contribution in [0.5, 0.6) is 0 Å². The maximum atomic E-state index is 12.5. The lowest BCUT2D eigenvalue weighted by Gasteiger charge is -2.20. The van der Waals surface area contributed by atoms with E-state index in [0.29, 0.717) is 6.42 Å². The van der Waals surface area contributed by atoms with Crippen LogP contribution in [0.4, 0.5) is 11.4 Å². The third kappa shape index (κ3) is 3.89. The van der Waals surface area contributed by atoms with Gasteiger partial charge in [-0.05, 0) is 43.5 Å². The predicted octanol–water partition coefficient (Wildman–Crippen LogP) is 2.73. The van der Waals surface area contributed by atoms with Crippen molar-refractivity contribution in [3.63, 3.8) is 0 Å². The molecule has 5 heteroatoms. The second kappa shape index (κ2) is 7.24. The molecule has 2 aliphatic rings. The van der Waals surface area contributed by atoms with Crippen molar-refractivity contribution in [1.82, 2.24) is 4.90 Å². The van der Waals surface area contributed by atoms with Gasteiger partial charge in [0, 0.05) is 38.6 Å². The Morgan fingerprint density at radius 2 is 1.62 bits per heavy atom. The Morgan fingerprint density at radius 3 is 2.21 bits per heavy atom. The molecule has 0 bridgehead atoms. The minimum absolute atomic E-state index is 0.0271. The first-order valence-corrected chi connectivity index (χ1v) is 8.93. The summed E-state index contributed by atoms with van der Waals surface area (Å²) in [6, 6.07) is 7.76. The van der Waals surface area contributed by atoms with Gasteiger partial charge in [-0.15, -0.1) is 0 Å². The molecule has 1 N–H and O–H groups in total. The number of carbonyl (C=O) groups is 2. The third-order valence-electron chi connectivity index (χ3n) is 5.01. The Bertz CT molecular complexity index is 589. The maximum Gasteiger partial charge on any atom is 0.228 e. The molecule has 2 unspecified atom stereocenters. The van der Waals surface area contributed by atoms with Crippen LogP contribution in [-0.2, 0) is 9.59 Å². The molecule has 1 aromatic carbocycles. The van der Waals surface area contributed by atoms with E-state index in [1.54, 1.807) is 0 Å². The molecule has 5 nitrogen and oxygen atoms in total. The van der Waals surface area contributed by atoms with Gasteiger partial charge in [-0.25, -0.2) is 0 Å². The lowest BCUT2D eigenvalue weighted by atomic mass is 10.2. The van der Waals surface area contributed by atoms with Crippen molar-refractivity contribution in [3.05, 3.63) is 24.3 Å². The van der Waals surface area contributed by atoms with Crippen LogP contribution in [0.3, 0.4) is 0 Å². The number of nitrogens with one attached hydrogen (secondary N) is 1. The molecule has 2 amide bonds. The number of anilines is 2. The molecular formula is C19H27N3O2. The van der Waals surface area contributed by atoms with Gasteiger partial charge >= 0.3 is 0 Å². The number of rotatable bonds is 4. The molecule has 130 valence electrons. The normalized spacial score (nSPS) is 23.3. The van der Waals surface area contributed by atoms with E-state index in [0.717, 1.165) is 37.3 Å². The summed E-state index contributed by atoms with van der Waals surface area (Å²) in [7, 11) is 3.97. The molecule has 1 saturated heterocycles. The summed E-state index contributed by atoms with van der Waals surface area (Å²) in [6.07, 6.45) is 5.29. The van der Waals surface area contributed by atoms with E-state index < -0.39 is 0 Å². The third-order valence-corrected chi connectivity index (χ3v) is 5.01. The Morgan fingerprint density at radius 1 is 1.00 bits per heavy atom. The van der Waals surface area contributed by atoms with Crippen LogP contribution < -0.4 is 10.2 Å². The number of carbonyl (C=O) groups excluding carboxylic acids is 2. The van der Waals surface area contributed by atoms with E-state index in [4.69, 9.17) is 0 Å². The first-order chi connectivity index (χ1) is 11.6. The fourth-order valence-electron chi connectivity index (χ4n) is 3.36. The summed E-state index contributed by atoms with van der Waals surface area (Å²) in [4.78, 5) is 28.9. The Hall–Kier alpha value is -2.04. The van der Waals surface area contributed by atoms with Gasteiger partial charge in [0.05, 0.1) is 11.8 Å². The summed E-state index contributed by atoms with van der Waals surface area (Å²) in [5, 5.41) is 2.94. The molecule has 1 heterocycles. The summed E-state index contributed by atoms with van der Waals surface area (Å²) in [6.45, 7) is 1.71. The summed E-state index contributed by atoms with van der Waals surface area (Å²) < 4.78 is 0. The van der Waals surface area contributed by atoms with Crippen LogP contribution in [0.2, 0.25) is 0 Å². The average Bonchev–Trinajstić information content (AvgIpc) is 3.39. The van der Waals surface area contributed by atoms with Gasteiger partial charge in [-0.3, -0.25) is 9.59 Å². The summed E-state index contributed by atoms with van der Waals surface area (Å²) >= 11 is 0. The van der Waals surface area contributed by atoms with Crippen LogP contribution in [0.25, 0.3) is 0 Å². The lowest BCUT2D eigenvalue weighted by molar-refractivity contribution is -0.134. The molecule has 0 aromatic heterocycles. The minimum Gasteiger partial charge on any atom is -0.378 e. The van der Waals surface area contributed by atoms with Gasteiger partial charge in [-0.1, -0.05) is 12.8 Å². The largest absolute Gasteiger partial charge is 0.378 e. The van der Waals surface area contributed by atoms with Crippen molar-refractivity contribution < 1.29 is 9.59 Å². The average molecular weight is 329 g/mol. The zero-order chi connectivity index (χ0) is 17.1. The lowest BCUT2D eigenvalue weighted by Crippen LogP contribution is -2.34. The number of hydrogen-bond donors (Lipinski definition) is 1. The van der Waals surface area contributed by atoms with Gasteiger partial charge in [-0.2, -0.15) is 0 Å². The van der Waals surface area contributed by atoms with Crippen molar-refractivity contribution in [2.24, 2.45) is 11.8 Å². The molecule has 2 atom stereocenters. The number of nitrogens with zero attached hydrogens (tertiary/aromatic N) is 2. The molecule has 1 aliphatic carbocycles. The van der Waals surface area contributed by atoms with Crippen LogP contribution in [0, 0.1) is 11.8 Å². The van der Waals surface area contributed by atoms with Gasteiger partial charge in [0.2, 0.25) is 11.8 Å². The standard InChI is InChI=1S/C19H27N3O2/c1-21(2)15-9-7-14(8-10-15)20-18(23)16-13-17(16)19(24)22-11-5-3-4-6-12-22/h7-10,16-17H,3-6,11-13H2,1-2H3,(H,20,23). The van der Waals surface area contributed by atoms with E-state index in [1.165, 1.54) is 12.8 Å². The number of benzene rings is 1. The predicted molar refractivity (Wildman–Crippen MR) is 96.0 cm³/mol. The highest BCUT2D eigenvalue weighted by Crippen LogP contribution is 2.41. The fraction of sp³-hybridized carbons (Fsp3) is 0.579. The Kier molecular flexibility index (Phi) is 5.07. The second-order valence-corrected chi connectivity index (χ2v) is 7.12. The summed E-state index contributed by atoms with van der Waals surface area (Å²) in [5.74, 6) is -0.112. The van der Waals surface area contributed by atoms with E-state index in [2.05, 4.69) is 5.32 Å². The highest BCUT2D eigenvalue weighted by atomic mass is 16.2. The van der Waals surface area contributed by atoms with Gasteiger partial charge in [0.1, 0.15) is 0 Å². The van der Waals surface area contributed by atoms with Crippen molar-refractivity contribution >= 4 is 23.2 Å². The molecule has 1 saturated carbocycles. The first-order valence-electron chi connectivity index (χ1n) is 8.93. The minimum atomic E-state index is -0.158. The van der Waals surface area contributed by atoms with Crippen molar-refractivity contribution in [1.29, 1.82) is 0 Å². The molecule has 1 aromatic rings. The van der Waals surface area contributed by atoms with E-state index >= 15 is 0 Å². The van der Waals surface area contributed by atoms with E-state index in [1.807, 2.05) is 48.2 Å². The van der Waals surface area contributed by atoms with Gasteiger partial charge in [0.25, 0.3) is 0 Å². The highest BCUT2D eigenvalue weighted by molar-refractivity contribution is 5.99. The quantitative estimate of drug-likeness (QED) is 0.924. The number of hydrogen-bond acceptors (Lipinski definition) is 3. The SMILES string of the molecule is CN(C)c1ccc(NC(=O)C2CC2C(=O)N2CCCCCC2)cc1. The number of amides is 2. The van der Waals surface area contributed by atoms with E-state index in [9.17, 15) is 9.59 Å². The maximum absolute atomic E-state index is 12.5. The number of likely N-dealkylation sites (tertiary alicyclic amines) is 1. The molecule has 3 rings (SSSR count). The van der Waals surface area contributed by atoms with Crippen molar-refractivity contribution in [3.8, 4) is 0 Å². The molecule has 1 aliphatic heterocycles. The van der Waals surface area contributed by atoms with E-state index in [-0.39, 0.29) is 23.7 Å². The fourth-order valence-corrected chi connectivity index (χ4v) is 3.36. The molecule has 0 radical (unpaired) electrons. The Balaban J connectivity index is 1.52. The van der Waals surface area contributed by atoms with Gasteiger partial charge < -0.3 is 15.1 Å². The second-order valence-electron chi connectivity index (χ2n) is 7.12. The van der Waals surface area contributed by atoms with Crippen LogP contribution in [-0.4, -0.2) is 43.9 Å². The highest BCUT2D eigenvalue weighted by Gasteiger charge is 2.49. The first kappa shape index (κ1) is 16.8. The summed E-state index contributed by atoms with van der Waals surface area (Å²) in [5.41, 5.74) is 1.88. The molecule has 2 fully saturated rings. The molecular weight excluding hydrogens is 302 g/mol. The monoisotopic (exact) mass is 329 g/mol. The van der Waals surface area contributed by atoms with Crippen molar-refractivity contribution in [2.75, 3.05) is 37.4 Å². The topological polar surface area (TPSA) is 52.7 Å². The van der Waals surface area contributed by atoms with Crippen LogP contribution in [0.1, 0.15) is 32.1 Å². The van der Waals surface area contributed by atoms with Gasteiger partial charge in [0.15, 0.2) is 0 Å². The molecule has 24 heavy (non-hydrogen) atoms. The Labute approximate surface area is 144 Å². The van der Waals surface area contributed by atoms with Crippen LogP contribution in [0.15, 0.2) is 24.3 Å². The zero-order valence-corrected chi connectivity index (χ0v) is 14.6. The smallest absolute Gasteiger partial charge is 0.228 e. The molecule has 0 spiro atoms.